The summed E-state index contributed by atoms with van der Waals surface area (Å²) in [6, 6.07) is 0. The molecule has 1 aliphatic heterocycles. The van der Waals surface area contributed by atoms with Crippen LogP contribution in [0.1, 0.15) is 0 Å². The van der Waals surface area contributed by atoms with Crippen LogP contribution < -0.4 is 0 Å². The molecule has 0 aromatic carbocycles. The maximum Gasteiger partial charge on any atom is 0.393 e. The standard InChI is InChI=1S/C7H8F3NO3S/c8-7(9,10)4-2-15-5(6(12)13)3(4)1-11-14/h1,3-5,14H,2H2,(H,12,13)/b11-1-. The molecule has 3 unspecified atom stereocenters. The van der Waals surface area contributed by atoms with Crippen molar-refractivity contribution < 1.29 is 28.3 Å². The number of carboxylic acids is 1. The van der Waals surface area contributed by atoms with E-state index in [-0.39, 0.29) is 5.75 Å². The minimum Gasteiger partial charge on any atom is -0.480 e. The number of aliphatic carboxylic acids is 1. The molecule has 0 aromatic heterocycles. The lowest BCUT2D eigenvalue weighted by atomic mass is 9.91. The Hall–Kier alpha value is -0.920. The molecule has 2 N–H and O–H groups in total. The maximum atomic E-state index is 12.4. The van der Waals surface area contributed by atoms with Crippen LogP contribution in [0.3, 0.4) is 0 Å². The van der Waals surface area contributed by atoms with Crippen molar-refractivity contribution in [3.05, 3.63) is 0 Å². The smallest absolute Gasteiger partial charge is 0.393 e. The molecule has 1 saturated heterocycles. The average molecular weight is 243 g/mol. The second-order valence-corrected chi connectivity index (χ2v) is 4.26. The second kappa shape index (κ2) is 4.30. The van der Waals surface area contributed by atoms with Gasteiger partial charge in [0, 0.05) is 17.9 Å². The molecule has 1 heterocycles. The highest BCUT2D eigenvalue weighted by atomic mass is 32.2. The molecule has 0 aromatic rings. The molecule has 0 aliphatic carbocycles. The summed E-state index contributed by atoms with van der Waals surface area (Å²) >= 11 is 0.712. The third kappa shape index (κ3) is 2.55. The van der Waals surface area contributed by atoms with Crippen LogP contribution in [-0.2, 0) is 4.79 Å². The number of halogens is 3. The van der Waals surface area contributed by atoms with E-state index in [0.717, 1.165) is 0 Å². The van der Waals surface area contributed by atoms with Crippen molar-refractivity contribution >= 4 is 23.9 Å². The van der Waals surface area contributed by atoms with Gasteiger partial charge in [-0.3, -0.25) is 4.79 Å². The number of nitrogens with zero attached hydrogens (tertiary/aromatic N) is 1. The van der Waals surface area contributed by atoms with Crippen LogP contribution in [0, 0.1) is 11.8 Å². The van der Waals surface area contributed by atoms with E-state index in [1.54, 1.807) is 0 Å². The maximum absolute atomic E-state index is 12.4. The predicted molar refractivity (Wildman–Crippen MR) is 47.2 cm³/mol. The first-order valence-electron chi connectivity index (χ1n) is 3.96. The lowest BCUT2D eigenvalue weighted by Crippen LogP contribution is -2.35. The number of hydrogen-bond donors (Lipinski definition) is 2. The number of rotatable bonds is 2. The first kappa shape index (κ1) is 12.2. The number of carboxylic acid groups (broad SMARTS) is 1. The molecule has 1 rings (SSSR count). The van der Waals surface area contributed by atoms with Crippen LogP contribution in [0.15, 0.2) is 5.16 Å². The Morgan fingerprint density at radius 2 is 2.13 bits per heavy atom. The number of carbonyl (C=O) groups is 1. The predicted octanol–water partition coefficient (Wildman–Crippen LogP) is 1.44. The Balaban J connectivity index is 2.89. The van der Waals surface area contributed by atoms with E-state index in [1.807, 2.05) is 0 Å². The average Bonchev–Trinajstić information content (AvgIpc) is 2.47. The first-order valence-corrected chi connectivity index (χ1v) is 5.01. The van der Waals surface area contributed by atoms with Gasteiger partial charge in [0.1, 0.15) is 5.25 Å². The molecule has 1 aliphatic rings. The molecule has 0 spiro atoms. The van der Waals surface area contributed by atoms with Gasteiger partial charge in [-0.05, 0) is 0 Å². The van der Waals surface area contributed by atoms with Crippen molar-refractivity contribution in [1.29, 1.82) is 0 Å². The summed E-state index contributed by atoms with van der Waals surface area (Å²) in [6.45, 7) is 0. The SMILES string of the molecule is O=C(O)C1SCC(C(F)(F)F)C1/C=N\O. The van der Waals surface area contributed by atoms with Gasteiger partial charge in [-0.2, -0.15) is 13.2 Å². The van der Waals surface area contributed by atoms with E-state index in [2.05, 4.69) is 5.16 Å². The largest absolute Gasteiger partial charge is 0.480 e. The summed E-state index contributed by atoms with van der Waals surface area (Å²) < 4.78 is 37.3. The Morgan fingerprint density at radius 3 is 2.53 bits per heavy atom. The molecule has 0 amide bonds. The molecular weight excluding hydrogens is 235 g/mol. The summed E-state index contributed by atoms with van der Waals surface area (Å²) in [4.78, 5) is 10.6. The zero-order valence-electron chi connectivity index (χ0n) is 7.31. The molecule has 3 atom stereocenters. The molecule has 15 heavy (non-hydrogen) atoms. The minimum atomic E-state index is -4.47. The summed E-state index contributed by atoms with van der Waals surface area (Å²) in [5.74, 6) is -4.72. The summed E-state index contributed by atoms with van der Waals surface area (Å²) in [5, 5.41) is 18.2. The van der Waals surface area contributed by atoms with Crippen molar-refractivity contribution in [2.75, 3.05) is 5.75 Å². The van der Waals surface area contributed by atoms with Crippen LogP contribution in [0.5, 0.6) is 0 Å². The highest BCUT2D eigenvalue weighted by Gasteiger charge is 2.53. The van der Waals surface area contributed by atoms with Gasteiger partial charge in [-0.15, -0.1) is 16.9 Å². The monoisotopic (exact) mass is 243 g/mol. The van der Waals surface area contributed by atoms with Gasteiger partial charge in [0.15, 0.2) is 0 Å². The van der Waals surface area contributed by atoms with E-state index >= 15 is 0 Å². The van der Waals surface area contributed by atoms with Gasteiger partial charge in [-0.25, -0.2) is 0 Å². The van der Waals surface area contributed by atoms with Gasteiger partial charge in [0.05, 0.1) is 5.92 Å². The van der Waals surface area contributed by atoms with E-state index in [1.165, 1.54) is 0 Å². The van der Waals surface area contributed by atoms with Gasteiger partial charge in [0.2, 0.25) is 0 Å². The highest BCUT2D eigenvalue weighted by molar-refractivity contribution is 8.00. The fourth-order valence-corrected chi connectivity index (χ4v) is 2.90. The van der Waals surface area contributed by atoms with Gasteiger partial charge in [0.25, 0.3) is 0 Å². The molecule has 1 fully saturated rings. The molecule has 0 saturated carbocycles. The summed E-state index contributed by atoms with van der Waals surface area (Å²) in [6.07, 6.45) is -3.82. The quantitative estimate of drug-likeness (QED) is 0.437. The number of alkyl halides is 3. The molecule has 4 nitrogen and oxygen atoms in total. The van der Waals surface area contributed by atoms with Crippen LogP contribution in [-0.4, -0.2) is 39.7 Å². The van der Waals surface area contributed by atoms with Gasteiger partial charge in [-0.1, -0.05) is 0 Å². The minimum absolute atomic E-state index is 0.322. The van der Waals surface area contributed by atoms with Crippen LogP contribution in [0.25, 0.3) is 0 Å². The molecule has 0 bridgehead atoms. The van der Waals surface area contributed by atoms with Crippen LogP contribution >= 0.6 is 11.8 Å². The zero-order chi connectivity index (χ0) is 11.6. The second-order valence-electron chi connectivity index (χ2n) is 3.08. The van der Waals surface area contributed by atoms with Gasteiger partial charge >= 0.3 is 12.1 Å². The van der Waals surface area contributed by atoms with Crippen molar-refractivity contribution in [3.8, 4) is 0 Å². The lowest BCUT2D eigenvalue weighted by molar-refractivity contribution is -0.174. The van der Waals surface area contributed by atoms with E-state index in [4.69, 9.17) is 10.3 Å². The Bertz CT molecular complexity index is 281. The molecular formula is C7H8F3NO3S. The summed E-state index contributed by atoms with van der Waals surface area (Å²) in [7, 11) is 0. The number of hydrogen-bond acceptors (Lipinski definition) is 4. The van der Waals surface area contributed by atoms with Crippen molar-refractivity contribution in [1.82, 2.24) is 0 Å². The first-order chi connectivity index (χ1) is 6.88. The third-order valence-corrected chi connectivity index (χ3v) is 3.60. The molecule has 86 valence electrons. The van der Waals surface area contributed by atoms with Crippen LogP contribution in [0.4, 0.5) is 13.2 Å². The Morgan fingerprint density at radius 1 is 1.53 bits per heavy atom. The van der Waals surface area contributed by atoms with E-state index < -0.39 is 29.2 Å². The van der Waals surface area contributed by atoms with Crippen molar-refractivity contribution in [2.45, 2.75) is 11.4 Å². The number of thioether (sulfide) groups is 1. The third-order valence-electron chi connectivity index (χ3n) is 2.17. The highest BCUT2D eigenvalue weighted by Crippen LogP contribution is 2.44. The lowest BCUT2D eigenvalue weighted by Gasteiger charge is -2.19. The van der Waals surface area contributed by atoms with E-state index in [0.29, 0.717) is 18.0 Å². The zero-order valence-corrected chi connectivity index (χ0v) is 8.13. The molecule has 8 heteroatoms. The summed E-state index contributed by atoms with van der Waals surface area (Å²) in [5.41, 5.74) is 0. The van der Waals surface area contributed by atoms with Gasteiger partial charge < -0.3 is 10.3 Å². The van der Waals surface area contributed by atoms with Crippen LogP contribution in [0.2, 0.25) is 0 Å². The number of oxime groups is 1. The Labute approximate surface area is 87.1 Å². The topological polar surface area (TPSA) is 69.9 Å². The Kier molecular flexibility index (Phi) is 3.48. The van der Waals surface area contributed by atoms with Crippen molar-refractivity contribution in [3.63, 3.8) is 0 Å². The fourth-order valence-electron chi connectivity index (χ4n) is 1.45. The fraction of sp³-hybridized carbons (Fsp3) is 0.714. The molecule has 0 radical (unpaired) electrons. The van der Waals surface area contributed by atoms with Crippen molar-refractivity contribution in [2.24, 2.45) is 17.0 Å². The van der Waals surface area contributed by atoms with E-state index in [9.17, 15) is 18.0 Å². The normalized spacial score (nSPS) is 32.3.